The molecule has 180 valence electrons. The number of phenolic OH excluding ortho intramolecular Hbond substituents is 2. The SMILES string of the molecule is CCc1c(O)cc(O)c(C(=O)c2ccc(OC(F)F)cc2)c1CC(=O)N(CCO)CCOC. The lowest BCUT2D eigenvalue weighted by Gasteiger charge is -2.23. The van der Waals surface area contributed by atoms with Crippen molar-refractivity contribution in [1.29, 1.82) is 0 Å². The highest BCUT2D eigenvalue weighted by molar-refractivity contribution is 6.12. The first-order chi connectivity index (χ1) is 15.7. The minimum atomic E-state index is -3.02. The molecule has 0 saturated heterocycles. The summed E-state index contributed by atoms with van der Waals surface area (Å²) in [6.07, 6.45) is -0.0449. The van der Waals surface area contributed by atoms with Gasteiger partial charge in [0.2, 0.25) is 5.91 Å². The molecule has 0 fully saturated rings. The maximum Gasteiger partial charge on any atom is 0.387 e. The lowest BCUT2D eigenvalue weighted by Crippen LogP contribution is -2.37. The van der Waals surface area contributed by atoms with Crippen LogP contribution in [0.4, 0.5) is 8.78 Å². The summed E-state index contributed by atoms with van der Waals surface area (Å²) >= 11 is 0. The number of ether oxygens (including phenoxy) is 2. The molecule has 2 aromatic rings. The van der Waals surface area contributed by atoms with Gasteiger partial charge >= 0.3 is 6.61 Å². The maximum absolute atomic E-state index is 13.2. The van der Waals surface area contributed by atoms with E-state index in [0.29, 0.717) is 5.56 Å². The summed E-state index contributed by atoms with van der Waals surface area (Å²) in [5.74, 6) is -2.01. The van der Waals surface area contributed by atoms with Gasteiger partial charge in [-0.25, -0.2) is 0 Å². The third-order valence-corrected chi connectivity index (χ3v) is 5.04. The number of amides is 1. The number of halogens is 2. The first kappa shape index (κ1) is 26.0. The number of carbonyl (C=O) groups is 2. The Morgan fingerprint density at radius 2 is 1.73 bits per heavy atom. The van der Waals surface area contributed by atoms with Crippen molar-refractivity contribution in [1.82, 2.24) is 4.90 Å². The van der Waals surface area contributed by atoms with Crippen LogP contribution in [0, 0.1) is 0 Å². The Bertz CT molecular complexity index is 964. The molecule has 0 bridgehead atoms. The Morgan fingerprint density at radius 3 is 2.27 bits per heavy atom. The normalized spacial score (nSPS) is 11.0. The van der Waals surface area contributed by atoms with Crippen LogP contribution in [0.15, 0.2) is 30.3 Å². The quantitative estimate of drug-likeness (QED) is 0.411. The van der Waals surface area contributed by atoms with Crippen molar-refractivity contribution < 1.29 is 43.2 Å². The van der Waals surface area contributed by atoms with E-state index >= 15 is 0 Å². The number of aromatic hydroxyl groups is 2. The van der Waals surface area contributed by atoms with Crippen molar-refractivity contribution in [3.8, 4) is 17.2 Å². The van der Waals surface area contributed by atoms with Gasteiger partial charge in [-0.15, -0.1) is 0 Å². The number of carbonyl (C=O) groups excluding carboxylic acids is 2. The highest BCUT2D eigenvalue weighted by Gasteiger charge is 2.26. The minimum absolute atomic E-state index is 0.0450. The van der Waals surface area contributed by atoms with Gasteiger partial charge in [0, 0.05) is 31.8 Å². The fraction of sp³-hybridized carbons (Fsp3) is 0.391. The number of aliphatic hydroxyl groups excluding tert-OH is 1. The van der Waals surface area contributed by atoms with Gasteiger partial charge in [0.25, 0.3) is 0 Å². The molecular formula is C23H27F2NO7. The molecule has 3 N–H and O–H groups in total. The smallest absolute Gasteiger partial charge is 0.387 e. The molecule has 0 aliphatic heterocycles. The summed E-state index contributed by atoms with van der Waals surface area (Å²) in [6, 6.07) is 5.94. The van der Waals surface area contributed by atoms with Crippen molar-refractivity contribution >= 4 is 11.7 Å². The van der Waals surface area contributed by atoms with Crippen molar-refractivity contribution in [2.75, 3.05) is 33.4 Å². The van der Waals surface area contributed by atoms with Crippen molar-refractivity contribution in [2.45, 2.75) is 26.4 Å². The fourth-order valence-corrected chi connectivity index (χ4v) is 3.47. The number of ketones is 1. The molecular weight excluding hydrogens is 440 g/mol. The lowest BCUT2D eigenvalue weighted by molar-refractivity contribution is -0.131. The largest absolute Gasteiger partial charge is 0.508 e. The number of methoxy groups -OCH3 is 1. The Kier molecular flexibility index (Phi) is 9.56. The second kappa shape index (κ2) is 12.1. The molecule has 10 heteroatoms. The van der Waals surface area contributed by atoms with Crippen LogP contribution in [0.5, 0.6) is 17.2 Å². The van der Waals surface area contributed by atoms with Gasteiger partial charge in [0.15, 0.2) is 5.78 Å². The van der Waals surface area contributed by atoms with E-state index < -0.39 is 24.1 Å². The predicted octanol–water partition coefficient (Wildman–Crippen LogP) is 2.50. The molecule has 0 aliphatic carbocycles. The van der Waals surface area contributed by atoms with Gasteiger partial charge in [0.05, 0.1) is 25.2 Å². The molecule has 33 heavy (non-hydrogen) atoms. The third kappa shape index (κ3) is 6.62. The average Bonchev–Trinajstić information content (AvgIpc) is 2.76. The molecule has 2 rings (SSSR count). The highest BCUT2D eigenvalue weighted by atomic mass is 19.3. The van der Waals surface area contributed by atoms with Crippen LogP contribution < -0.4 is 4.74 Å². The summed E-state index contributed by atoms with van der Waals surface area (Å²) in [4.78, 5) is 27.5. The van der Waals surface area contributed by atoms with Crippen LogP contribution in [0.2, 0.25) is 0 Å². The van der Waals surface area contributed by atoms with Gasteiger partial charge in [-0.3, -0.25) is 9.59 Å². The molecule has 8 nitrogen and oxygen atoms in total. The number of hydrogen-bond donors (Lipinski definition) is 3. The number of nitrogens with zero attached hydrogens (tertiary/aromatic N) is 1. The second-order valence-electron chi connectivity index (χ2n) is 7.11. The molecule has 0 spiro atoms. The molecule has 0 radical (unpaired) electrons. The number of aliphatic hydroxyl groups is 1. The fourth-order valence-electron chi connectivity index (χ4n) is 3.47. The summed E-state index contributed by atoms with van der Waals surface area (Å²) < 4.78 is 34.0. The van der Waals surface area contributed by atoms with Crippen LogP contribution in [-0.2, 0) is 22.4 Å². The number of alkyl halides is 2. The monoisotopic (exact) mass is 467 g/mol. The van der Waals surface area contributed by atoms with Gasteiger partial charge in [-0.1, -0.05) is 6.92 Å². The van der Waals surface area contributed by atoms with Gasteiger partial charge < -0.3 is 29.7 Å². The van der Waals surface area contributed by atoms with E-state index in [0.717, 1.165) is 6.07 Å². The molecule has 1 amide bonds. The third-order valence-electron chi connectivity index (χ3n) is 5.04. The summed E-state index contributed by atoms with van der Waals surface area (Å²) in [6.45, 7) is -1.09. The van der Waals surface area contributed by atoms with E-state index in [1.807, 2.05) is 0 Å². The van der Waals surface area contributed by atoms with Crippen LogP contribution in [-0.4, -0.2) is 71.9 Å². The van der Waals surface area contributed by atoms with E-state index in [9.17, 15) is 33.7 Å². The number of rotatable bonds is 12. The number of benzene rings is 2. The minimum Gasteiger partial charge on any atom is -0.508 e. The topological polar surface area (TPSA) is 117 Å². The van der Waals surface area contributed by atoms with Crippen molar-refractivity contribution in [3.05, 3.63) is 52.6 Å². The molecule has 0 aliphatic rings. The summed E-state index contributed by atoms with van der Waals surface area (Å²) in [5.41, 5.74) is 0.368. The first-order valence-electron chi connectivity index (χ1n) is 10.3. The Balaban J connectivity index is 2.48. The zero-order chi connectivity index (χ0) is 24.5. The summed E-state index contributed by atoms with van der Waals surface area (Å²) in [5, 5.41) is 30.1. The molecule has 0 saturated carbocycles. The van der Waals surface area contributed by atoms with Crippen molar-refractivity contribution in [3.63, 3.8) is 0 Å². The Labute approximate surface area is 190 Å². The van der Waals surface area contributed by atoms with E-state index in [1.54, 1.807) is 6.92 Å². The zero-order valence-corrected chi connectivity index (χ0v) is 18.4. The molecule has 2 aromatic carbocycles. The lowest BCUT2D eigenvalue weighted by atomic mass is 9.89. The summed E-state index contributed by atoms with van der Waals surface area (Å²) in [7, 11) is 1.47. The predicted molar refractivity (Wildman–Crippen MR) is 115 cm³/mol. The average molecular weight is 467 g/mol. The van der Waals surface area contributed by atoms with Gasteiger partial charge in [-0.2, -0.15) is 8.78 Å². The standard InChI is InChI=1S/C23H27F2NO7/c1-3-16-17(12-20(30)26(8-10-27)9-11-32-2)21(19(29)13-18(16)28)22(31)14-4-6-15(7-5-14)33-23(24)25/h4-7,13,23,27-29H,3,8-12H2,1-2H3. The van der Waals surface area contributed by atoms with Gasteiger partial charge in [0.1, 0.15) is 17.2 Å². The maximum atomic E-state index is 13.2. The molecule has 0 heterocycles. The van der Waals surface area contributed by atoms with Crippen LogP contribution in [0.25, 0.3) is 0 Å². The number of phenols is 2. The van der Waals surface area contributed by atoms with Crippen LogP contribution in [0.3, 0.4) is 0 Å². The Hall–Kier alpha value is -3.24. The van der Waals surface area contributed by atoms with E-state index in [1.165, 1.54) is 36.3 Å². The Morgan fingerprint density at radius 1 is 1.06 bits per heavy atom. The van der Waals surface area contributed by atoms with Crippen LogP contribution >= 0.6 is 0 Å². The number of hydrogen-bond acceptors (Lipinski definition) is 7. The molecule has 0 atom stereocenters. The van der Waals surface area contributed by atoms with E-state index in [4.69, 9.17) is 4.74 Å². The van der Waals surface area contributed by atoms with E-state index in [2.05, 4.69) is 4.74 Å². The van der Waals surface area contributed by atoms with Gasteiger partial charge in [-0.05, 0) is 41.8 Å². The zero-order valence-electron chi connectivity index (χ0n) is 18.4. The second-order valence-corrected chi connectivity index (χ2v) is 7.11. The van der Waals surface area contributed by atoms with Crippen LogP contribution in [0.1, 0.15) is 34.0 Å². The van der Waals surface area contributed by atoms with Crippen molar-refractivity contribution in [2.24, 2.45) is 0 Å². The highest BCUT2D eigenvalue weighted by Crippen LogP contribution is 2.35. The molecule has 0 unspecified atom stereocenters. The molecule has 0 aromatic heterocycles. The van der Waals surface area contributed by atoms with E-state index in [-0.39, 0.29) is 67.3 Å². The first-order valence-corrected chi connectivity index (χ1v) is 10.3.